The molecular weight excluding hydrogens is 257 g/mol. The van der Waals surface area contributed by atoms with Gasteiger partial charge in [-0.15, -0.1) is 0 Å². The second-order valence-corrected chi connectivity index (χ2v) is 5.20. The highest BCUT2D eigenvalue weighted by Crippen LogP contribution is 2.32. The molecular formula is C15H24FN3O. The van der Waals surface area contributed by atoms with Gasteiger partial charge in [0.1, 0.15) is 0 Å². The predicted molar refractivity (Wildman–Crippen MR) is 78.4 cm³/mol. The molecule has 4 nitrogen and oxygen atoms in total. The predicted octanol–water partition coefficient (Wildman–Crippen LogP) is 2.34. The Morgan fingerprint density at radius 2 is 2.30 bits per heavy atom. The van der Waals surface area contributed by atoms with Gasteiger partial charge in [-0.1, -0.05) is 6.92 Å². The highest BCUT2D eigenvalue weighted by Gasteiger charge is 2.31. The summed E-state index contributed by atoms with van der Waals surface area (Å²) in [6, 6.07) is 2.18. The SMILES string of the molecule is CCCNCc1ccnc(N(CCOC)C2CC2)c1F. The molecule has 1 aromatic heterocycles. The first-order valence-corrected chi connectivity index (χ1v) is 7.37. The number of rotatable bonds is 9. The van der Waals surface area contributed by atoms with Gasteiger partial charge in [-0.2, -0.15) is 0 Å². The summed E-state index contributed by atoms with van der Waals surface area (Å²) in [5.41, 5.74) is 0.687. The summed E-state index contributed by atoms with van der Waals surface area (Å²) in [5.74, 6) is 0.277. The quantitative estimate of drug-likeness (QED) is 0.705. The molecule has 0 bridgehead atoms. The molecule has 1 fully saturated rings. The summed E-state index contributed by atoms with van der Waals surface area (Å²) in [6.07, 6.45) is 4.97. The summed E-state index contributed by atoms with van der Waals surface area (Å²) in [7, 11) is 1.67. The molecule has 1 N–H and O–H groups in total. The van der Waals surface area contributed by atoms with Gasteiger partial charge < -0.3 is 15.0 Å². The lowest BCUT2D eigenvalue weighted by molar-refractivity contribution is 0.204. The number of hydrogen-bond acceptors (Lipinski definition) is 4. The fourth-order valence-corrected chi connectivity index (χ4v) is 2.25. The third kappa shape index (κ3) is 3.90. The van der Waals surface area contributed by atoms with Crippen LogP contribution in [-0.4, -0.2) is 37.8 Å². The lowest BCUT2D eigenvalue weighted by atomic mass is 10.2. The normalized spacial score (nSPS) is 14.6. The molecule has 2 rings (SSSR count). The Morgan fingerprint density at radius 3 is 2.95 bits per heavy atom. The van der Waals surface area contributed by atoms with Crippen LogP contribution in [0.25, 0.3) is 0 Å². The van der Waals surface area contributed by atoms with Crippen LogP contribution in [0, 0.1) is 5.82 Å². The van der Waals surface area contributed by atoms with Gasteiger partial charge in [0, 0.05) is 38.0 Å². The van der Waals surface area contributed by atoms with E-state index in [2.05, 4.69) is 17.2 Å². The Labute approximate surface area is 120 Å². The lowest BCUT2D eigenvalue weighted by Gasteiger charge is -2.24. The monoisotopic (exact) mass is 281 g/mol. The average molecular weight is 281 g/mol. The molecule has 0 aromatic carbocycles. The van der Waals surface area contributed by atoms with Crippen LogP contribution in [0.5, 0.6) is 0 Å². The van der Waals surface area contributed by atoms with E-state index < -0.39 is 0 Å². The van der Waals surface area contributed by atoms with Crippen molar-refractivity contribution in [2.75, 3.05) is 31.7 Å². The molecule has 5 heteroatoms. The van der Waals surface area contributed by atoms with Crippen molar-refractivity contribution in [1.82, 2.24) is 10.3 Å². The molecule has 0 unspecified atom stereocenters. The minimum absolute atomic E-state index is 0.195. The summed E-state index contributed by atoms with van der Waals surface area (Å²) in [5, 5.41) is 3.24. The van der Waals surface area contributed by atoms with Crippen molar-refractivity contribution in [3.05, 3.63) is 23.6 Å². The molecule has 1 aliphatic carbocycles. The number of pyridine rings is 1. The fourth-order valence-electron chi connectivity index (χ4n) is 2.25. The lowest BCUT2D eigenvalue weighted by Crippen LogP contribution is -2.31. The number of aromatic nitrogens is 1. The number of nitrogens with zero attached hydrogens (tertiary/aromatic N) is 2. The van der Waals surface area contributed by atoms with E-state index in [4.69, 9.17) is 4.74 Å². The molecule has 0 amide bonds. The smallest absolute Gasteiger partial charge is 0.170 e. The van der Waals surface area contributed by atoms with Crippen molar-refractivity contribution in [1.29, 1.82) is 0 Å². The molecule has 112 valence electrons. The van der Waals surface area contributed by atoms with E-state index in [0.29, 0.717) is 37.1 Å². The first kappa shape index (κ1) is 15.2. The van der Waals surface area contributed by atoms with Gasteiger partial charge in [-0.05, 0) is 31.9 Å². The van der Waals surface area contributed by atoms with Crippen molar-refractivity contribution in [2.45, 2.75) is 38.8 Å². The molecule has 1 saturated carbocycles. The van der Waals surface area contributed by atoms with Gasteiger partial charge in [0.15, 0.2) is 11.6 Å². The zero-order chi connectivity index (χ0) is 14.4. The van der Waals surface area contributed by atoms with Gasteiger partial charge in [0.2, 0.25) is 0 Å². The van der Waals surface area contributed by atoms with Crippen LogP contribution in [0.1, 0.15) is 31.7 Å². The highest BCUT2D eigenvalue weighted by molar-refractivity contribution is 5.45. The van der Waals surface area contributed by atoms with Crippen LogP contribution in [-0.2, 0) is 11.3 Å². The fraction of sp³-hybridized carbons (Fsp3) is 0.667. The molecule has 0 saturated heterocycles. The van der Waals surface area contributed by atoms with E-state index in [9.17, 15) is 4.39 Å². The first-order valence-electron chi connectivity index (χ1n) is 7.37. The Kier molecular flexibility index (Phi) is 5.73. The van der Waals surface area contributed by atoms with Crippen LogP contribution < -0.4 is 10.2 Å². The van der Waals surface area contributed by atoms with Gasteiger partial charge in [0.25, 0.3) is 0 Å². The summed E-state index contributed by atoms with van der Waals surface area (Å²) < 4.78 is 19.7. The van der Waals surface area contributed by atoms with E-state index in [0.717, 1.165) is 25.8 Å². The second kappa shape index (κ2) is 7.55. The van der Waals surface area contributed by atoms with Crippen molar-refractivity contribution < 1.29 is 9.13 Å². The van der Waals surface area contributed by atoms with E-state index in [1.54, 1.807) is 19.4 Å². The van der Waals surface area contributed by atoms with E-state index in [-0.39, 0.29) is 5.82 Å². The number of halogens is 1. The summed E-state index contributed by atoms with van der Waals surface area (Å²) in [6.45, 7) is 4.83. The van der Waals surface area contributed by atoms with Gasteiger partial charge >= 0.3 is 0 Å². The largest absolute Gasteiger partial charge is 0.383 e. The minimum Gasteiger partial charge on any atom is -0.383 e. The maximum atomic E-state index is 14.6. The second-order valence-electron chi connectivity index (χ2n) is 5.20. The number of anilines is 1. The third-order valence-corrected chi connectivity index (χ3v) is 3.49. The number of hydrogen-bond donors (Lipinski definition) is 1. The van der Waals surface area contributed by atoms with E-state index in [1.807, 2.05) is 4.90 Å². The standard InChI is InChI=1S/C15H24FN3O/c1-3-7-17-11-12-6-8-18-15(14(12)16)19(9-10-20-2)13-4-5-13/h6,8,13,17H,3-5,7,9-11H2,1-2H3. The molecule has 1 aliphatic rings. The van der Waals surface area contributed by atoms with Crippen molar-refractivity contribution in [3.63, 3.8) is 0 Å². The topological polar surface area (TPSA) is 37.4 Å². The van der Waals surface area contributed by atoms with Gasteiger partial charge in [0.05, 0.1) is 6.61 Å². The molecule has 0 atom stereocenters. The third-order valence-electron chi connectivity index (χ3n) is 3.49. The molecule has 0 aliphatic heterocycles. The summed E-state index contributed by atoms with van der Waals surface area (Å²) in [4.78, 5) is 6.29. The van der Waals surface area contributed by atoms with Crippen LogP contribution in [0.15, 0.2) is 12.3 Å². The molecule has 0 spiro atoms. The number of nitrogens with one attached hydrogen (secondary N) is 1. The van der Waals surface area contributed by atoms with E-state index >= 15 is 0 Å². The maximum absolute atomic E-state index is 14.6. The zero-order valence-corrected chi connectivity index (χ0v) is 12.4. The molecule has 20 heavy (non-hydrogen) atoms. The average Bonchev–Trinajstić information content (AvgIpc) is 3.27. The van der Waals surface area contributed by atoms with Crippen molar-refractivity contribution >= 4 is 5.82 Å². The minimum atomic E-state index is -0.195. The van der Waals surface area contributed by atoms with Crippen LogP contribution in [0.4, 0.5) is 10.2 Å². The van der Waals surface area contributed by atoms with Gasteiger partial charge in [-0.25, -0.2) is 9.37 Å². The Bertz CT molecular complexity index is 424. The molecule has 0 radical (unpaired) electrons. The molecule has 1 heterocycles. The highest BCUT2D eigenvalue weighted by atomic mass is 19.1. The molecule has 1 aromatic rings. The Morgan fingerprint density at radius 1 is 1.50 bits per heavy atom. The van der Waals surface area contributed by atoms with Crippen LogP contribution in [0.3, 0.4) is 0 Å². The Hall–Kier alpha value is -1.20. The zero-order valence-electron chi connectivity index (χ0n) is 12.4. The number of ether oxygens (including phenoxy) is 1. The Balaban J connectivity index is 2.10. The summed E-state index contributed by atoms with van der Waals surface area (Å²) >= 11 is 0. The van der Waals surface area contributed by atoms with Crippen LogP contribution >= 0.6 is 0 Å². The first-order chi connectivity index (χ1) is 9.77. The van der Waals surface area contributed by atoms with Crippen molar-refractivity contribution in [3.8, 4) is 0 Å². The van der Waals surface area contributed by atoms with E-state index in [1.165, 1.54) is 0 Å². The van der Waals surface area contributed by atoms with Gasteiger partial charge in [-0.3, -0.25) is 0 Å². The number of methoxy groups -OCH3 is 1. The maximum Gasteiger partial charge on any atom is 0.170 e. The van der Waals surface area contributed by atoms with Crippen LogP contribution in [0.2, 0.25) is 0 Å². The van der Waals surface area contributed by atoms with Crippen molar-refractivity contribution in [2.24, 2.45) is 0 Å².